The summed E-state index contributed by atoms with van der Waals surface area (Å²) in [6.07, 6.45) is -0.202. The van der Waals surface area contributed by atoms with Gasteiger partial charge >= 0.3 is 6.09 Å². The first-order valence-electron chi connectivity index (χ1n) is 8.30. The van der Waals surface area contributed by atoms with Crippen molar-refractivity contribution in [2.24, 2.45) is 5.41 Å². The molecule has 142 valence electrons. The number of rotatable bonds is 5. The minimum atomic E-state index is -3.37. The van der Waals surface area contributed by atoms with Gasteiger partial charge in [0.2, 0.25) is 10.0 Å². The van der Waals surface area contributed by atoms with Crippen molar-refractivity contribution < 1.29 is 27.1 Å². The second-order valence-electron chi connectivity index (χ2n) is 7.22. The molecule has 0 aliphatic carbocycles. The molecule has 26 heavy (non-hydrogen) atoms. The molecule has 3 aliphatic heterocycles. The highest BCUT2D eigenvalue weighted by molar-refractivity contribution is 7.88. The normalized spacial score (nSPS) is 24.4. The Balaban J connectivity index is 1.41. The molecule has 4 rings (SSSR count). The third-order valence-corrected chi connectivity index (χ3v) is 5.59. The van der Waals surface area contributed by atoms with E-state index in [1.54, 1.807) is 12.1 Å². The Hall–Kier alpha value is -1.91. The molecule has 1 amide bonds. The van der Waals surface area contributed by atoms with Crippen LogP contribution in [0.4, 0.5) is 20.6 Å². The number of anilines is 2. The molecule has 1 unspecified atom stereocenters. The Labute approximate surface area is 150 Å². The number of carbonyl (C=O) groups is 1. The fraction of sp³-hybridized carbons (Fsp3) is 0.562. The van der Waals surface area contributed by atoms with Crippen molar-refractivity contribution in [3.63, 3.8) is 0 Å². The maximum atomic E-state index is 14.5. The van der Waals surface area contributed by atoms with Gasteiger partial charge in [-0.15, -0.1) is 0 Å². The third kappa shape index (κ3) is 3.24. The second kappa shape index (κ2) is 6.07. The van der Waals surface area contributed by atoms with Crippen molar-refractivity contribution >= 4 is 27.5 Å². The average Bonchev–Trinajstić information content (AvgIpc) is 2.84. The lowest BCUT2D eigenvalue weighted by atomic mass is 9.78. The number of cyclic esters (lactones) is 1. The van der Waals surface area contributed by atoms with Crippen LogP contribution >= 0.6 is 0 Å². The zero-order valence-electron chi connectivity index (χ0n) is 14.3. The SMILES string of the molecule is CS(=O)(=O)NCC1CN(c2ccc(N3CC4(COC4)C3)c(F)c2)C(=O)O1. The molecule has 8 nitrogen and oxygen atoms in total. The predicted octanol–water partition coefficient (Wildman–Crippen LogP) is 0.537. The van der Waals surface area contributed by atoms with E-state index in [-0.39, 0.29) is 18.5 Å². The Kier molecular flexibility index (Phi) is 4.08. The van der Waals surface area contributed by atoms with Gasteiger partial charge in [0.25, 0.3) is 0 Å². The van der Waals surface area contributed by atoms with E-state index in [0.717, 1.165) is 32.6 Å². The molecule has 3 heterocycles. The monoisotopic (exact) mass is 385 g/mol. The van der Waals surface area contributed by atoms with E-state index in [2.05, 4.69) is 4.72 Å². The maximum absolute atomic E-state index is 14.5. The summed E-state index contributed by atoms with van der Waals surface area (Å²) in [6, 6.07) is 4.64. The molecular formula is C16H20FN3O5S. The summed E-state index contributed by atoms with van der Waals surface area (Å²) in [4.78, 5) is 15.3. The summed E-state index contributed by atoms with van der Waals surface area (Å²) in [7, 11) is -3.37. The van der Waals surface area contributed by atoms with Crippen molar-refractivity contribution in [1.82, 2.24) is 4.72 Å². The number of hydrogen-bond acceptors (Lipinski definition) is 6. The van der Waals surface area contributed by atoms with Crippen molar-refractivity contribution in [2.75, 3.05) is 55.4 Å². The molecule has 1 N–H and O–H groups in total. The summed E-state index contributed by atoms with van der Waals surface area (Å²) in [5, 5.41) is 0. The number of halogens is 1. The van der Waals surface area contributed by atoms with Crippen LogP contribution in [-0.4, -0.2) is 66.3 Å². The first-order valence-corrected chi connectivity index (χ1v) is 10.2. The van der Waals surface area contributed by atoms with E-state index in [1.165, 1.54) is 11.0 Å². The minimum Gasteiger partial charge on any atom is -0.443 e. The molecule has 1 atom stereocenters. The highest BCUT2D eigenvalue weighted by Crippen LogP contribution is 2.41. The van der Waals surface area contributed by atoms with Gasteiger partial charge in [0.05, 0.1) is 42.8 Å². The van der Waals surface area contributed by atoms with E-state index in [0.29, 0.717) is 11.4 Å². The largest absolute Gasteiger partial charge is 0.443 e. The van der Waals surface area contributed by atoms with Gasteiger partial charge in [0.1, 0.15) is 11.9 Å². The molecule has 3 aliphatic rings. The summed E-state index contributed by atoms with van der Waals surface area (Å²) in [6.45, 7) is 3.14. The summed E-state index contributed by atoms with van der Waals surface area (Å²) in [5.74, 6) is -0.400. The van der Waals surface area contributed by atoms with Crippen LogP contribution in [0, 0.1) is 11.2 Å². The van der Waals surface area contributed by atoms with E-state index >= 15 is 0 Å². The van der Waals surface area contributed by atoms with Crippen molar-refractivity contribution in [2.45, 2.75) is 6.10 Å². The van der Waals surface area contributed by atoms with Gasteiger partial charge in [0.15, 0.2) is 0 Å². The zero-order valence-corrected chi connectivity index (χ0v) is 15.1. The fourth-order valence-corrected chi connectivity index (χ4v) is 4.00. The molecule has 3 saturated heterocycles. The van der Waals surface area contributed by atoms with E-state index < -0.39 is 28.0 Å². The van der Waals surface area contributed by atoms with Gasteiger partial charge in [-0.2, -0.15) is 0 Å². The Morgan fingerprint density at radius 1 is 1.35 bits per heavy atom. The van der Waals surface area contributed by atoms with E-state index in [9.17, 15) is 17.6 Å². The molecule has 0 saturated carbocycles. The number of hydrogen-bond donors (Lipinski definition) is 1. The number of sulfonamides is 1. The first kappa shape index (κ1) is 17.5. The van der Waals surface area contributed by atoms with Crippen LogP contribution in [0.3, 0.4) is 0 Å². The number of nitrogens with one attached hydrogen (secondary N) is 1. The number of ether oxygens (including phenoxy) is 2. The first-order chi connectivity index (χ1) is 12.2. The summed E-state index contributed by atoms with van der Waals surface area (Å²) >= 11 is 0. The van der Waals surface area contributed by atoms with Crippen molar-refractivity contribution in [3.05, 3.63) is 24.0 Å². The van der Waals surface area contributed by atoms with Crippen LogP contribution in [0.25, 0.3) is 0 Å². The van der Waals surface area contributed by atoms with Gasteiger partial charge in [-0.25, -0.2) is 22.3 Å². The number of amides is 1. The zero-order chi connectivity index (χ0) is 18.5. The Morgan fingerprint density at radius 3 is 2.65 bits per heavy atom. The molecule has 0 bridgehead atoms. The van der Waals surface area contributed by atoms with Gasteiger partial charge in [-0.1, -0.05) is 0 Å². The van der Waals surface area contributed by atoms with Crippen LogP contribution < -0.4 is 14.5 Å². The van der Waals surface area contributed by atoms with Crippen molar-refractivity contribution in [3.8, 4) is 0 Å². The molecule has 0 aromatic heterocycles. The van der Waals surface area contributed by atoms with Gasteiger partial charge in [-0.05, 0) is 18.2 Å². The Morgan fingerprint density at radius 2 is 2.08 bits per heavy atom. The van der Waals surface area contributed by atoms with Crippen LogP contribution in [0.2, 0.25) is 0 Å². The molecule has 10 heteroatoms. The van der Waals surface area contributed by atoms with Crippen LogP contribution in [0.15, 0.2) is 18.2 Å². The highest BCUT2D eigenvalue weighted by atomic mass is 32.2. The van der Waals surface area contributed by atoms with Crippen molar-refractivity contribution in [1.29, 1.82) is 0 Å². The molecule has 1 aromatic carbocycles. The molecular weight excluding hydrogens is 365 g/mol. The van der Waals surface area contributed by atoms with Gasteiger partial charge in [0, 0.05) is 19.6 Å². The average molecular weight is 385 g/mol. The Bertz CT molecular complexity index is 834. The standard InChI is InChI=1S/C16H20FN3O5S/c1-26(22,23)18-5-12-6-20(15(21)25-12)11-2-3-14(13(17)4-11)19-7-16(8-19)9-24-10-16/h2-4,12,18H,5-10H2,1H3. The number of nitrogens with zero attached hydrogens (tertiary/aromatic N) is 2. The number of carbonyl (C=O) groups excluding carboxylic acids is 1. The molecule has 1 spiro atoms. The lowest BCUT2D eigenvalue weighted by molar-refractivity contribution is -0.127. The molecule has 1 aromatic rings. The van der Waals surface area contributed by atoms with Gasteiger partial charge < -0.3 is 14.4 Å². The number of benzene rings is 1. The van der Waals surface area contributed by atoms with Crippen LogP contribution in [0.1, 0.15) is 0 Å². The second-order valence-corrected chi connectivity index (χ2v) is 9.05. The fourth-order valence-electron chi connectivity index (χ4n) is 3.51. The topological polar surface area (TPSA) is 88.2 Å². The summed E-state index contributed by atoms with van der Waals surface area (Å²) < 4.78 is 49.5. The van der Waals surface area contributed by atoms with E-state index in [4.69, 9.17) is 9.47 Å². The smallest absolute Gasteiger partial charge is 0.414 e. The lowest BCUT2D eigenvalue weighted by Gasteiger charge is -2.56. The third-order valence-electron chi connectivity index (χ3n) is 4.90. The lowest BCUT2D eigenvalue weighted by Crippen LogP contribution is -2.66. The predicted molar refractivity (Wildman–Crippen MR) is 92.3 cm³/mol. The van der Waals surface area contributed by atoms with Crippen LogP contribution in [-0.2, 0) is 19.5 Å². The van der Waals surface area contributed by atoms with Gasteiger partial charge in [-0.3, -0.25) is 4.90 Å². The maximum Gasteiger partial charge on any atom is 0.414 e. The quantitative estimate of drug-likeness (QED) is 0.796. The highest BCUT2D eigenvalue weighted by Gasteiger charge is 2.49. The van der Waals surface area contributed by atoms with Crippen LogP contribution in [0.5, 0.6) is 0 Å². The van der Waals surface area contributed by atoms with E-state index in [1.807, 2.05) is 4.90 Å². The molecule has 0 radical (unpaired) electrons. The minimum absolute atomic E-state index is 0.0143. The summed E-state index contributed by atoms with van der Waals surface area (Å²) in [5.41, 5.74) is 1.08. The molecule has 3 fully saturated rings.